The SMILES string of the molecule is O=C(c1cc(NS(=O)(=O)c2ccccc2)ccc1N1CCN(Cc2ccccc2)CC1)N1CCOCC1. The lowest BCUT2D eigenvalue weighted by Gasteiger charge is -2.37. The summed E-state index contributed by atoms with van der Waals surface area (Å²) in [6, 6.07) is 23.9. The smallest absolute Gasteiger partial charge is 0.261 e. The van der Waals surface area contributed by atoms with Crippen molar-refractivity contribution in [3.63, 3.8) is 0 Å². The number of sulfonamides is 1. The number of amides is 1. The van der Waals surface area contributed by atoms with E-state index in [2.05, 4.69) is 38.8 Å². The fourth-order valence-electron chi connectivity index (χ4n) is 4.79. The Kier molecular flexibility index (Phi) is 7.73. The van der Waals surface area contributed by atoms with Crippen molar-refractivity contribution >= 4 is 27.3 Å². The molecule has 0 bridgehead atoms. The first kappa shape index (κ1) is 25.3. The van der Waals surface area contributed by atoms with E-state index in [0.29, 0.717) is 37.6 Å². The molecule has 2 heterocycles. The van der Waals surface area contributed by atoms with E-state index in [1.165, 1.54) is 5.56 Å². The molecule has 37 heavy (non-hydrogen) atoms. The van der Waals surface area contributed by atoms with Gasteiger partial charge in [-0.15, -0.1) is 0 Å². The van der Waals surface area contributed by atoms with Crippen molar-refractivity contribution in [2.24, 2.45) is 0 Å². The summed E-state index contributed by atoms with van der Waals surface area (Å²) in [6.45, 7) is 6.25. The molecule has 194 valence electrons. The molecule has 5 rings (SSSR count). The van der Waals surface area contributed by atoms with Crippen molar-refractivity contribution in [3.8, 4) is 0 Å². The van der Waals surface area contributed by atoms with E-state index in [0.717, 1.165) is 38.4 Å². The number of hydrogen-bond donors (Lipinski definition) is 1. The molecule has 9 heteroatoms. The first-order valence-electron chi connectivity index (χ1n) is 12.6. The molecule has 0 unspecified atom stereocenters. The van der Waals surface area contributed by atoms with Gasteiger partial charge in [-0.25, -0.2) is 8.42 Å². The highest BCUT2D eigenvalue weighted by atomic mass is 32.2. The topological polar surface area (TPSA) is 82.2 Å². The highest BCUT2D eigenvalue weighted by molar-refractivity contribution is 7.92. The quantitative estimate of drug-likeness (QED) is 0.515. The second-order valence-electron chi connectivity index (χ2n) is 9.30. The largest absolute Gasteiger partial charge is 0.378 e. The van der Waals surface area contributed by atoms with Crippen LogP contribution in [0.4, 0.5) is 11.4 Å². The van der Waals surface area contributed by atoms with Crippen LogP contribution in [0.1, 0.15) is 15.9 Å². The fraction of sp³-hybridized carbons (Fsp3) is 0.321. The van der Waals surface area contributed by atoms with Crippen LogP contribution >= 0.6 is 0 Å². The van der Waals surface area contributed by atoms with E-state index >= 15 is 0 Å². The minimum atomic E-state index is -3.77. The number of carbonyl (C=O) groups excluding carboxylic acids is 1. The summed E-state index contributed by atoms with van der Waals surface area (Å²) in [4.78, 5) is 20.2. The Bertz CT molecular complexity index is 1300. The van der Waals surface area contributed by atoms with Gasteiger partial charge in [0, 0.05) is 57.2 Å². The van der Waals surface area contributed by atoms with Gasteiger partial charge >= 0.3 is 0 Å². The number of nitrogens with zero attached hydrogens (tertiary/aromatic N) is 3. The van der Waals surface area contributed by atoms with Gasteiger partial charge in [-0.3, -0.25) is 14.4 Å². The van der Waals surface area contributed by atoms with Crippen LogP contribution in [-0.2, 0) is 21.3 Å². The molecule has 1 N–H and O–H groups in total. The van der Waals surface area contributed by atoms with Crippen molar-refractivity contribution in [2.45, 2.75) is 11.4 Å². The molecule has 3 aromatic rings. The number of benzene rings is 3. The lowest BCUT2D eigenvalue weighted by atomic mass is 10.1. The third-order valence-corrected chi connectivity index (χ3v) is 8.19. The Morgan fingerprint density at radius 1 is 0.811 bits per heavy atom. The molecular weight excluding hydrogens is 488 g/mol. The Labute approximate surface area is 218 Å². The van der Waals surface area contributed by atoms with E-state index < -0.39 is 10.0 Å². The van der Waals surface area contributed by atoms with Crippen LogP contribution in [0.25, 0.3) is 0 Å². The standard InChI is InChI=1S/C28H32N4O4S/c33-28(32-17-19-36-20-18-32)26-21-24(29-37(34,35)25-9-5-2-6-10-25)11-12-27(26)31-15-13-30(14-16-31)22-23-7-3-1-4-8-23/h1-12,21,29H,13-20,22H2. The minimum absolute atomic E-state index is 0.106. The van der Waals surface area contributed by atoms with Crippen molar-refractivity contribution in [3.05, 3.63) is 90.0 Å². The molecule has 0 aliphatic carbocycles. The number of ether oxygens (including phenoxy) is 1. The van der Waals surface area contributed by atoms with E-state index in [9.17, 15) is 13.2 Å². The molecule has 2 aliphatic rings. The number of nitrogens with one attached hydrogen (secondary N) is 1. The molecule has 0 aromatic heterocycles. The summed E-state index contributed by atoms with van der Waals surface area (Å²) in [5.74, 6) is -0.106. The van der Waals surface area contributed by atoms with Crippen LogP contribution < -0.4 is 9.62 Å². The number of anilines is 2. The van der Waals surface area contributed by atoms with Gasteiger partial charge in [-0.2, -0.15) is 0 Å². The lowest BCUT2D eigenvalue weighted by Crippen LogP contribution is -2.47. The number of rotatable bonds is 7. The Morgan fingerprint density at radius 3 is 2.14 bits per heavy atom. The summed E-state index contributed by atoms with van der Waals surface area (Å²) in [7, 11) is -3.77. The molecular formula is C28H32N4O4S. The Balaban J connectivity index is 1.37. The molecule has 3 aromatic carbocycles. The second-order valence-corrected chi connectivity index (χ2v) is 11.0. The number of morpholine rings is 1. The van der Waals surface area contributed by atoms with Gasteiger partial charge in [0.1, 0.15) is 0 Å². The summed E-state index contributed by atoms with van der Waals surface area (Å²) >= 11 is 0. The van der Waals surface area contributed by atoms with Crippen LogP contribution in [-0.4, -0.2) is 76.6 Å². The second kappa shape index (κ2) is 11.3. The summed E-state index contributed by atoms with van der Waals surface area (Å²) in [6.07, 6.45) is 0. The first-order chi connectivity index (χ1) is 18.0. The number of carbonyl (C=O) groups is 1. The molecule has 2 aliphatic heterocycles. The molecule has 0 spiro atoms. The van der Waals surface area contributed by atoms with Crippen molar-refractivity contribution in [2.75, 3.05) is 62.1 Å². The van der Waals surface area contributed by atoms with E-state index in [1.807, 2.05) is 12.1 Å². The van der Waals surface area contributed by atoms with Crippen molar-refractivity contribution < 1.29 is 17.9 Å². The Hall–Kier alpha value is -3.40. The van der Waals surface area contributed by atoms with E-state index in [4.69, 9.17) is 4.74 Å². The van der Waals surface area contributed by atoms with Gasteiger partial charge < -0.3 is 14.5 Å². The van der Waals surface area contributed by atoms with Crippen LogP contribution in [0, 0.1) is 0 Å². The fourth-order valence-corrected chi connectivity index (χ4v) is 5.86. The third kappa shape index (κ3) is 6.12. The van der Waals surface area contributed by atoms with E-state index in [-0.39, 0.29) is 10.8 Å². The van der Waals surface area contributed by atoms with Crippen molar-refractivity contribution in [1.29, 1.82) is 0 Å². The number of hydrogen-bond acceptors (Lipinski definition) is 6. The van der Waals surface area contributed by atoms with Gasteiger partial charge in [0.05, 0.1) is 23.7 Å². The predicted octanol–water partition coefficient (Wildman–Crippen LogP) is 3.28. The van der Waals surface area contributed by atoms with Crippen LogP contribution in [0.15, 0.2) is 83.8 Å². The zero-order valence-corrected chi connectivity index (χ0v) is 21.6. The summed E-state index contributed by atoms with van der Waals surface area (Å²) in [5, 5.41) is 0. The average Bonchev–Trinajstić information content (AvgIpc) is 2.94. The predicted molar refractivity (Wildman–Crippen MR) is 144 cm³/mol. The first-order valence-corrected chi connectivity index (χ1v) is 14.1. The van der Waals surface area contributed by atoms with Gasteiger partial charge in [0.15, 0.2) is 0 Å². The highest BCUT2D eigenvalue weighted by Gasteiger charge is 2.26. The highest BCUT2D eigenvalue weighted by Crippen LogP contribution is 2.29. The van der Waals surface area contributed by atoms with Gasteiger partial charge in [0.25, 0.3) is 15.9 Å². The molecule has 2 saturated heterocycles. The van der Waals surface area contributed by atoms with Gasteiger partial charge in [-0.1, -0.05) is 48.5 Å². The summed E-state index contributed by atoms with van der Waals surface area (Å²) in [5.41, 5.74) is 2.99. The Morgan fingerprint density at radius 2 is 1.46 bits per heavy atom. The maximum absolute atomic E-state index is 13.6. The molecule has 1 amide bonds. The van der Waals surface area contributed by atoms with Crippen LogP contribution in [0.5, 0.6) is 0 Å². The average molecular weight is 521 g/mol. The molecule has 0 radical (unpaired) electrons. The van der Waals surface area contributed by atoms with Gasteiger partial charge in [-0.05, 0) is 35.9 Å². The normalized spacial score (nSPS) is 17.0. The van der Waals surface area contributed by atoms with Crippen LogP contribution in [0.2, 0.25) is 0 Å². The molecule has 2 fully saturated rings. The minimum Gasteiger partial charge on any atom is -0.378 e. The zero-order valence-electron chi connectivity index (χ0n) is 20.8. The maximum atomic E-state index is 13.6. The maximum Gasteiger partial charge on any atom is 0.261 e. The molecule has 0 atom stereocenters. The van der Waals surface area contributed by atoms with Crippen molar-refractivity contribution in [1.82, 2.24) is 9.80 Å². The summed E-state index contributed by atoms with van der Waals surface area (Å²) < 4.78 is 33.9. The zero-order chi connectivity index (χ0) is 25.7. The van der Waals surface area contributed by atoms with E-state index in [1.54, 1.807) is 47.4 Å². The van der Waals surface area contributed by atoms with Crippen LogP contribution in [0.3, 0.4) is 0 Å². The third-order valence-electron chi connectivity index (χ3n) is 6.79. The number of piperazine rings is 1. The monoisotopic (exact) mass is 520 g/mol. The lowest BCUT2D eigenvalue weighted by molar-refractivity contribution is 0.0303. The molecule has 8 nitrogen and oxygen atoms in total. The molecule has 0 saturated carbocycles. The van der Waals surface area contributed by atoms with Gasteiger partial charge in [0.2, 0.25) is 0 Å².